The third-order valence-corrected chi connectivity index (χ3v) is 11.1. The Morgan fingerprint density at radius 1 is 0.745 bits per heavy atom. The number of likely N-dealkylation sites (tertiary alicyclic amines) is 1. The predicted molar refractivity (Wildman–Crippen MR) is 216 cm³/mol. The summed E-state index contributed by atoms with van der Waals surface area (Å²) in [5, 5.41) is 8.85. The van der Waals surface area contributed by atoms with E-state index in [1.54, 1.807) is 0 Å². The average molecular weight is 753 g/mol. The molecule has 1 aromatic heterocycles. The van der Waals surface area contributed by atoms with Gasteiger partial charge in [0.1, 0.15) is 23.9 Å². The van der Waals surface area contributed by atoms with Crippen LogP contribution >= 0.6 is 0 Å². The molecule has 12 heteroatoms. The van der Waals surface area contributed by atoms with E-state index in [1.165, 1.54) is 5.56 Å². The van der Waals surface area contributed by atoms with Crippen molar-refractivity contribution < 1.29 is 19.2 Å². The van der Waals surface area contributed by atoms with Gasteiger partial charge in [0, 0.05) is 50.3 Å². The highest BCUT2D eigenvalue weighted by Gasteiger charge is 2.43. The summed E-state index contributed by atoms with van der Waals surface area (Å²) in [5.41, 5.74) is 15.1. The quantitative estimate of drug-likeness (QED) is 0.131. The van der Waals surface area contributed by atoms with E-state index in [4.69, 9.17) is 11.5 Å². The van der Waals surface area contributed by atoms with Gasteiger partial charge in [-0.25, -0.2) is 4.98 Å². The third kappa shape index (κ3) is 11.1. The minimum atomic E-state index is -0.984. The van der Waals surface area contributed by atoms with E-state index >= 15 is 0 Å². The van der Waals surface area contributed by atoms with Crippen molar-refractivity contribution in [2.45, 2.75) is 101 Å². The lowest BCUT2D eigenvalue weighted by Crippen LogP contribution is -2.59. The second kappa shape index (κ2) is 19.7. The molecule has 3 heterocycles. The SMILES string of the molecule is CC(C)C[C@@H](NC(=O)[C@@H](Cc1ccccc1)NC(=O)[C@H](N)Cc1ccccc1)C(=O)N[C@H](CCCCN)C(=O)N1CCC2(CC1)CCN(C)c1ncccc12. The Morgan fingerprint density at radius 2 is 1.33 bits per heavy atom. The van der Waals surface area contributed by atoms with Crippen LogP contribution in [0, 0.1) is 5.92 Å². The molecule has 4 amide bonds. The predicted octanol–water partition coefficient (Wildman–Crippen LogP) is 3.22. The third-order valence-electron chi connectivity index (χ3n) is 11.1. The maximum absolute atomic E-state index is 14.2. The van der Waals surface area contributed by atoms with Gasteiger partial charge in [0.2, 0.25) is 23.6 Å². The molecule has 2 aliphatic rings. The molecule has 0 radical (unpaired) electrons. The van der Waals surface area contributed by atoms with Gasteiger partial charge in [0.15, 0.2) is 0 Å². The topological polar surface area (TPSA) is 176 Å². The first-order chi connectivity index (χ1) is 26.5. The van der Waals surface area contributed by atoms with Gasteiger partial charge in [-0.3, -0.25) is 19.2 Å². The van der Waals surface area contributed by atoms with Crippen molar-refractivity contribution in [3.8, 4) is 0 Å². The van der Waals surface area contributed by atoms with Gasteiger partial charge in [0.05, 0.1) is 6.04 Å². The number of nitrogens with zero attached hydrogens (tertiary/aromatic N) is 3. The van der Waals surface area contributed by atoms with Crippen molar-refractivity contribution in [1.82, 2.24) is 25.8 Å². The summed E-state index contributed by atoms with van der Waals surface area (Å²) in [6, 6.07) is 19.5. The summed E-state index contributed by atoms with van der Waals surface area (Å²) in [7, 11) is 2.07. The zero-order valence-electron chi connectivity index (χ0n) is 32.7. The summed E-state index contributed by atoms with van der Waals surface area (Å²) >= 11 is 0. The molecule has 296 valence electrons. The van der Waals surface area contributed by atoms with Crippen LogP contribution in [-0.4, -0.2) is 90.9 Å². The minimum absolute atomic E-state index is 0.0327. The maximum Gasteiger partial charge on any atom is 0.245 e. The molecule has 3 aromatic rings. The number of piperidine rings is 1. The summed E-state index contributed by atoms with van der Waals surface area (Å²) in [5.74, 6) is -0.435. The lowest BCUT2D eigenvalue weighted by Gasteiger charge is -2.47. The number of benzene rings is 2. The molecule has 1 saturated heterocycles. The van der Waals surface area contributed by atoms with E-state index in [-0.39, 0.29) is 23.7 Å². The Balaban J connectivity index is 1.28. The van der Waals surface area contributed by atoms with E-state index in [9.17, 15) is 19.2 Å². The van der Waals surface area contributed by atoms with E-state index in [1.807, 2.05) is 91.7 Å². The number of nitrogens with one attached hydrogen (secondary N) is 3. The first-order valence-electron chi connectivity index (χ1n) is 19.9. The highest BCUT2D eigenvalue weighted by molar-refractivity contribution is 5.95. The zero-order chi connectivity index (χ0) is 39.4. The van der Waals surface area contributed by atoms with E-state index in [2.05, 4.69) is 38.9 Å². The highest BCUT2D eigenvalue weighted by atomic mass is 16.2. The number of nitrogens with two attached hydrogens (primary N) is 2. The second-order valence-corrected chi connectivity index (χ2v) is 15.7. The summed E-state index contributed by atoms with van der Waals surface area (Å²) < 4.78 is 0. The Morgan fingerprint density at radius 3 is 1.96 bits per heavy atom. The van der Waals surface area contributed by atoms with Crippen molar-refractivity contribution >= 4 is 29.4 Å². The molecule has 12 nitrogen and oxygen atoms in total. The summed E-state index contributed by atoms with van der Waals surface area (Å²) in [6.45, 7) is 6.51. The monoisotopic (exact) mass is 752 g/mol. The van der Waals surface area contributed by atoms with E-state index in [0.29, 0.717) is 45.3 Å². The Kier molecular flexibility index (Phi) is 14.8. The van der Waals surface area contributed by atoms with Crippen LogP contribution in [0.5, 0.6) is 0 Å². The van der Waals surface area contributed by atoms with Crippen molar-refractivity contribution in [3.63, 3.8) is 0 Å². The molecular weight excluding hydrogens is 693 g/mol. The normalized spacial score (nSPS) is 17.1. The summed E-state index contributed by atoms with van der Waals surface area (Å²) in [6.07, 6.45) is 7.18. The number of amides is 4. The number of pyridine rings is 1. The largest absolute Gasteiger partial charge is 0.359 e. The fraction of sp³-hybridized carbons (Fsp3) is 0.512. The molecule has 1 spiro atoms. The van der Waals surface area contributed by atoms with Gasteiger partial charge in [0.25, 0.3) is 0 Å². The van der Waals surface area contributed by atoms with E-state index in [0.717, 1.165) is 49.2 Å². The summed E-state index contributed by atoms with van der Waals surface area (Å²) in [4.78, 5) is 64.5. The molecule has 0 unspecified atom stereocenters. The molecular formula is C43H60N8O4. The van der Waals surface area contributed by atoms with Crippen LogP contribution < -0.4 is 32.3 Å². The Labute approximate surface area is 326 Å². The molecule has 55 heavy (non-hydrogen) atoms. The number of anilines is 1. The van der Waals surface area contributed by atoms with Crippen LogP contribution in [0.3, 0.4) is 0 Å². The smallest absolute Gasteiger partial charge is 0.245 e. The molecule has 1 fully saturated rings. The van der Waals surface area contributed by atoms with Gasteiger partial charge in [-0.15, -0.1) is 0 Å². The fourth-order valence-corrected chi connectivity index (χ4v) is 7.93. The molecule has 5 rings (SSSR count). The fourth-order valence-electron chi connectivity index (χ4n) is 7.93. The molecule has 0 saturated carbocycles. The Hall–Kier alpha value is -4.81. The number of hydrogen-bond donors (Lipinski definition) is 5. The highest BCUT2D eigenvalue weighted by Crippen LogP contribution is 2.45. The number of rotatable bonds is 17. The van der Waals surface area contributed by atoms with Gasteiger partial charge in [-0.2, -0.15) is 0 Å². The van der Waals surface area contributed by atoms with Gasteiger partial charge >= 0.3 is 0 Å². The van der Waals surface area contributed by atoms with Crippen LogP contribution in [0.1, 0.15) is 75.5 Å². The second-order valence-electron chi connectivity index (χ2n) is 15.7. The van der Waals surface area contributed by atoms with Crippen LogP contribution in [0.2, 0.25) is 0 Å². The molecule has 7 N–H and O–H groups in total. The van der Waals surface area contributed by atoms with Crippen molar-refractivity contribution in [3.05, 3.63) is 95.7 Å². The lowest BCUT2D eigenvalue weighted by molar-refractivity contribution is -0.139. The standard InChI is InChI=1S/C43H60N8O4/c1-30(2)27-36(49-41(54)37(29-32-15-8-5-9-16-32)48-39(52)34(45)28-31-13-6-4-7-14-31)40(53)47-35(18-10-11-22-44)42(55)51-25-20-43(21-26-51)19-24-50(3)38-33(43)17-12-23-46-38/h4-9,12-17,23,30,34-37H,10-11,18-22,24-29,44-45H2,1-3H3,(H,47,53)(H,48,52)(H,49,54)/t34-,35-,36-,37-/m1/s1. The van der Waals surface area contributed by atoms with Crippen LogP contribution in [-0.2, 0) is 37.4 Å². The minimum Gasteiger partial charge on any atom is -0.359 e. The lowest BCUT2D eigenvalue weighted by atomic mass is 9.68. The Bertz CT molecular complexity index is 1710. The molecule has 0 bridgehead atoms. The number of fused-ring (bicyclic) bond motifs is 2. The molecule has 4 atom stereocenters. The van der Waals surface area contributed by atoms with Crippen LogP contribution in [0.15, 0.2) is 79.0 Å². The molecule has 2 aromatic carbocycles. The number of unbranched alkanes of at least 4 members (excludes halogenated alkanes) is 1. The maximum atomic E-state index is 14.2. The van der Waals surface area contributed by atoms with Crippen molar-refractivity contribution in [2.75, 3.05) is 38.1 Å². The van der Waals surface area contributed by atoms with Gasteiger partial charge in [-0.1, -0.05) is 80.6 Å². The number of aromatic nitrogens is 1. The average Bonchev–Trinajstić information content (AvgIpc) is 3.19. The van der Waals surface area contributed by atoms with Crippen LogP contribution in [0.4, 0.5) is 5.82 Å². The first-order valence-corrected chi connectivity index (χ1v) is 19.9. The van der Waals surface area contributed by atoms with Gasteiger partial charge in [-0.05, 0) is 81.0 Å². The van der Waals surface area contributed by atoms with E-state index < -0.39 is 41.9 Å². The first kappa shape index (κ1) is 41.4. The molecule has 0 aliphatic carbocycles. The number of carbonyl (C=O) groups is 4. The zero-order valence-corrected chi connectivity index (χ0v) is 32.7. The number of hydrogen-bond acceptors (Lipinski definition) is 8. The van der Waals surface area contributed by atoms with Gasteiger partial charge < -0.3 is 37.2 Å². The molecule has 2 aliphatic heterocycles. The van der Waals surface area contributed by atoms with Crippen molar-refractivity contribution in [1.29, 1.82) is 0 Å². The van der Waals surface area contributed by atoms with Crippen molar-refractivity contribution in [2.24, 2.45) is 17.4 Å². The number of carbonyl (C=O) groups excluding carboxylic acids is 4. The van der Waals surface area contributed by atoms with Crippen LogP contribution in [0.25, 0.3) is 0 Å².